The summed E-state index contributed by atoms with van der Waals surface area (Å²) in [5, 5.41) is 3.32. The molecule has 0 spiro atoms. The number of aromatic amines is 1. The Bertz CT molecular complexity index is 431. The summed E-state index contributed by atoms with van der Waals surface area (Å²) in [6, 6.07) is 8.48. The number of benzene rings is 1. The molecule has 2 aromatic rings. The van der Waals surface area contributed by atoms with Crippen LogP contribution in [0.4, 0.5) is 5.69 Å². The van der Waals surface area contributed by atoms with Crippen molar-refractivity contribution in [3.05, 3.63) is 48.0 Å². The van der Waals surface area contributed by atoms with Crippen molar-refractivity contribution >= 4 is 5.69 Å². The van der Waals surface area contributed by atoms with Crippen molar-refractivity contribution in [3.63, 3.8) is 0 Å². The van der Waals surface area contributed by atoms with Crippen LogP contribution in [-0.4, -0.2) is 29.0 Å². The Morgan fingerprint density at radius 3 is 2.59 bits per heavy atom. The van der Waals surface area contributed by atoms with Gasteiger partial charge in [0.1, 0.15) is 5.82 Å². The van der Waals surface area contributed by atoms with Gasteiger partial charge in [-0.05, 0) is 31.8 Å². The Balaban J connectivity index is 1.89. The van der Waals surface area contributed by atoms with Crippen molar-refractivity contribution in [2.45, 2.75) is 13.1 Å². The maximum Gasteiger partial charge on any atom is 0.125 e. The Hall–Kier alpha value is -1.81. The Kier molecular flexibility index (Phi) is 3.77. The van der Waals surface area contributed by atoms with Crippen LogP contribution in [-0.2, 0) is 13.1 Å². The topological polar surface area (TPSA) is 44.0 Å². The van der Waals surface area contributed by atoms with Crippen LogP contribution in [0.5, 0.6) is 0 Å². The third kappa shape index (κ3) is 3.60. The SMILES string of the molecule is CN(C)Cc1ccc(NCc2ncc[nH]2)cc1. The van der Waals surface area contributed by atoms with Crippen molar-refractivity contribution in [1.29, 1.82) is 0 Å². The van der Waals surface area contributed by atoms with Crippen LogP contribution in [0.3, 0.4) is 0 Å². The predicted molar refractivity (Wildman–Crippen MR) is 69.7 cm³/mol. The first-order valence-electron chi connectivity index (χ1n) is 5.70. The molecule has 2 rings (SSSR count). The van der Waals surface area contributed by atoms with Gasteiger partial charge in [-0.25, -0.2) is 4.98 Å². The number of imidazole rings is 1. The molecule has 0 unspecified atom stereocenters. The third-order valence-corrected chi connectivity index (χ3v) is 2.47. The van der Waals surface area contributed by atoms with Crippen molar-refractivity contribution in [1.82, 2.24) is 14.9 Å². The van der Waals surface area contributed by atoms with Gasteiger partial charge in [0.25, 0.3) is 0 Å². The van der Waals surface area contributed by atoms with E-state index in [0.29, 0.717) is 0 Å². The minimum absolute atomic E-state index is 0.722. The lowest BCUT2D eigenvalue weighted by atomic mass is 10.2. The molecule has 0 radical (unpaired) electrons. The van der Waals surface area contributed by atoms with Crippen molar-refractivity contribution in [2.24, 2.45) is 0 Å². The number of anilines is 1. The number of H-pyrrole nitrogens is 1. The van der Waals surface area contributed by atoms with Gasteiger partial charge in [-0.2, -0.15) is 0 Å². The Morgan fingerprint density at radius 1 is 1.24 bits per heavy atom. The predicted octanol–water partition coefficient (Wildman–Crippen LogP) is 2.08. The second-order valence-corrected chi connectivity index (χ2v) is 4.32. The van der Waals surface area contributed by atoms with Crippen LogP contribution in [0.1, 0.15) is 11.4 Å². The molecule has 0 fully saturated rings. The maximum absolute atomic E-state index is 4.16. The molecular formula is C13H18N4. The molecule has 0 amide bonds. The molecule has 1 aromatic carbocycles. The summed E-state index contributed by atoms with van der Waals surface area (Å²) >= 11 is 0. The first-order valence-corrected chi connectivity index (χ1v) is 5.70. The first kappa shape index (κ1) is 11.7. The fraction of sp³-hybridized carbons (Fsp3) is 0.308. The summed E-state index contributed by atoms with van der Waals surface area (Å²) in [4.78, 5) is 9.39. The highest BCUT2D eigenvalue weighted by Gasteiger charge is 1.97. The summed E-state index contributed by atoms with van der Waals surface area (Å²) in [7, 11) is 4.14. The normalized spacial score (nSPS) is 10.8. The molecule has 0 saturated heterocycles. The lowest BCUT2D eigenvalue weighted by Crippen LogP contribution is -2.10. The van der Waals surface area contributed by atoms with Gasteiger partial charge in [-0.3, -0.25) is 0 Å². The second kappa shape index (κ2) is 5.50. The number of hydrogen-bond donors (Lipinski definition) is 2. The molecule has 0 bridgehead atoms. The molecule has 1 aromatic heterocycles. The second-order valence-electron chi connectivity index (χ2n) is 4.32. The molecule has 17 heavy (non-hydrogen) atoms. The zero-order valence-corrected chi connectivity index (χ0v) is 10.3. The van der Waals surface area contributed by atoms with E-state index in [1.54, 1.807) is 6.20 Å². The molecule has 0 atom stereocenters. The van der Waals surface area contributed by atoms with E-state index in [2.05, 4.69) is 58.5 Å². The summed E-state index contributed by atoms with van der Waals surface area (Å²) in [5.41, 5.74) is 2.43. The molecule has 2 N–H and O–H groups in total. The zero-order valence-electron chi connectivity index (χ0n) is 10.3. The van der Waals surface area contributed by atoms with Crippen LogP contribution in [0.25, 0.3) is 0 Å². The molecule has 1 heterocycles. The number of rotatable bonds is 5. The fourth-order valence-electron chi connectivity index (χ4n) is 1.67. The van der Waals surface area contributed by atoms with Gasteiger partial charge in [-0.1, -0.05) is 12.1 Å². The molecule has 0 aliphatic rings. The average Bonchev–Trinajstić information content (AvgIpc) is 2.80. The molecule has 90 valence electrons. The van der Waals surface area contributed by atoms with E-state index in [1.165, 1.54) is 5.56 Å². The van der Waals surface area contributed by atoms with E-state index < -0.39 is 0 Å². The van der Waals surface area contributed by atoms with E-state index in [4.69, 9.17) is 0 Å². The van der Waals surface area contributed by atoms with Gasteiger partial charge in [0, 0.05) is 24.6 Å². The Labute approximate surface area is 102 Å². The lowest BCUT2D eigenvalue weighted by Gasteiger charge is -2.10. The Morgan fingerprint density at radius 2 is 2.00 bits per heavy atom. The molecule has 4 heteroatoms. The molecule has 4 nitrogen and oxygen atoms in total. The summed E-state index contributed by atoms with van der Waals surface area (Å²) in [5.74, 6) is 0.947. The van der Waals surface area contributed by atoms with Crippen LogP contribution in [0.15, 0.2) is 36.7 Å². The fourth-order valence-corrected chi connectivity index (χ4v) is 1.67. The highest BCUT2D eigenvalue weighted by Crippen LogP contribution is 2.11. The minimum atomic E-state index is 0.722. The van der Waals surface area contributed by atoms with Crippen molar-refractivity contribution in [3.8, 4) is 0 Å². The summed E-state index contributed by atoms with van der Waals surface area (Å²) in [6.45, 7) is 1.69. The lowest BCUT2D eigenvalue weighted by molar-refractivity contribution is 0.402. The third-order valence-electron chi connectivity index (χ3n) is 2.47. The van der Waals surface area contributed by atoms with E-state index >= 15 is 0 Å². The number of nitrogens with one attached hydrogen (secondary N) is 2. The average molecular weight is 230 g/mol. The van der Waals surface area contributed by atoms with Gasteiger partial charge in [0.2, 0.25) is 0 Å². The van der Waals surface area contributed by atoms with Gasteiger partial charge >= 0.3 is 0 Å². The van der Waals surface area contributed by atoms with Crippen LogP contribution in [0.2, 0.25) is 0 Å². The molecule has 0 aliphatic heterocycles. The largest absolute Gasteiger partial charge is 0.378 e. The highest BCUT2D eigenvalue weighted by atomic mass is 15.0. The van der Waals surface area contributed by atoms with E-state index in [1.807, 2.05) is 6.20 Å². The van der Waals surface area contributed by atoms with Crippen LogP contribution < -0.4 is 5.32 Å². The summed E-state index contributed by atoms with van der Waals surface area (Å²) in [6.07, 6.45) is 3.59. The molecule has 0 saturated carbocycles. The van der Waals surface area contributed by atoms with Crippen LogP contribution in [0, 0.1) is 0 Å². The monoisotopic (exact) mass is 230 g/mol. The summed E-state index contributed by atoms with van der Waals surface area (Å²) < 4.78 is 0. The van der Waals surface area contributed by atoms with Gasteiger partial charge < -0.3 is 15.2 Å². The van der Waals surface area contributed by atoms with Gasteiger partial charge in [-0.15, -0.1) is 0 Å². The van der Waals surface area contributed by atoms with Gasteiger partial charge in [0.05, 0.1) is 6.54 Å². The highest BCUT2D eigenvalue weighted by molar-refractivity contribution is 5.44. The standard InChI is InChI=1S/C13H18N4/c1-17(2)10-11-3-5-12(6-4-11)16-9-13-14-7-8-15-13/h3-8,16H,9-10H2,1-2H3,(H,14,15). The van der Waals surface area contributed by atoms with Crippen molar-refractivity contribution < 1.29 is 0 Å². The minimum Gasteiger partial charge on any atom is -0.378 e. The van der Waals surface area contributed by atoms with Crippen molar-refractivity contribution in [2.75, 3.05) is 19.4 Å². The number of hydrogen-bond acceptors (Lipinski definition) is 3. The smallest absolute Gasteiger partial charge is 0.125 e. The molecular weight excluding hydrogens is 212 g/mol. The van der Waals surface area contributed by atoms with E-state index in [-0.39, 0.29) is 0 Å². The van der Waals surface area contributed by atoms with E-state index in [9.17, 15) is 0 Å². The first-order chi connectivity index (χ1) is 8.24. The zero-order chi connectivity index (χ0) is 12.1. The quantitative estimate of drug-likeness (QED) is 0.826. The number of aromatic nitrogens is 2. The maximum atomic E-state index is 4.16. The van der Waals surface area contributed by atoms with E-state index in [0.717, 1.165) is 24.6 Å². The van der Waals surface area contributed by atoms with Gasteiger partial charge in [0.15, 0.2) is 0 Å². The van der Waals surface area contributed by atoms with Crippen LogP contribution >= 0.6 is 0 Å². The number of nitrogens with zero attached hydrogens (tertiary/aromatic N) is 2. The molecule has 0 aliphatic carbocycles.